The highest BCUT2D eigenvalue weighted by atomic mass is 14.9. The summed E-state index contributed by atoms with van der Waals surface area (Å²) in [6.07, 6.45) is 6.91. The van der Waals surface area contributed by atoms with Crippen LogP contribution in [0.1, 0.15) is 63.6 Å². The molecule has 0 saturated heterocycles. The third-order valence-corrected chi connectivity index (χ3v) is 5.54. The second-order valence-corrected chi connectivity index (χ2v) is 7.83. The van der Waals surface area contributed by atoms with Crippen molar-refractivity contribution >= 4 is 0 Å². The van der Waals surface area contributed by atoms with Crippen LogP contribution in [0.3, 0.4) is 0 Å². The molecule has 0 radical (unpaired) electrons. The van der Waals surface area contributed by atoms with E-state index in [0.717, 1.165) is 11.8 Å². The molecule has 1 fully saturated rings. The van der Waals surface area contributed by atoms with E-state index in [0.29, 0.717) is 11.5 Å². The van der Waals surface area contributed by atoms with E-state index < -0.39 is 0 Å². The number of rotatable bonds is 3. The number of benzene rings is 1. The van der Waals surface area contributed by atoms with Gasteiger partial charge in [0.2, 0.25) is 0 Å². The van der Waals surface area contributed by atoms with Gasteiger partial charge in [0.05, 0.1) is 0 Å². The molecule has 1 aromatic carbocycles. The second-order valence-electron chi connectivity index (χ2n) is 7.83. The molecule has 0 spiro atoms. The van der Waals surface area contributed by atoms with Crippen LogP contribution in [-0.4, -0.2) is 6.54 Å². The van der Waals surface area contributed by atoms with Gasteiger partial charge in [0.1, 0.15) is 0 Å². The quantitative estimate of drug-likeness (QED) is 0.838. The average molecular weight is 271 g/mol. The van der Waals surface area contributed by atoms with Gasteiger partial charge in [0, 0.05) is 6.04 Å². The number of fused-ring (bicyclic) bond motifs is 1. The normalized spacial score (nSPS) is 32.0. The molecule has 1 unspecified atom stereocenters. The molecule has 1 heteroatoms. The van der Waals surface area contributed by atoms with Crippen LogP contribution in [0.4, 0.5) is 0 Å². The maximum Gasteiger partial charge on any atom is 0.0377 e. The first-order chi connectivity index (χ1) is 9.56. The highest BCUT2D eigenvalue weighted by Crippen LogP contribution is 2.45. The molecule has 1 saturated carbocycles. The van der Waals surface area contributed by atoms with Crippen molar-refractivity contribution in [2.75, 3.05) is 6.54 Å². The topological polar surface area (TPSA) is 12.0 Å². The van der Waals surface area contributed by atoms with Gasteiger partial charge in [-0.3, -0.25) is 0 Å². The number of nitrogens with one attached hydrogen (secondary N) is 1. The molecule has 1 nitrogen and oxygen atoms in total. The summed E-state index contributed by atoms with van der Waals surface area (Å²) in [5, 5.41) is 3.91. The zero-order valence-corrected chi connectivity index (χ0v) is 13.3. The molecule has 0 heterocycles. The molecule has 110 valence electrons. The zero-order chi connectivity index (χ0) is 14.2. The lowest BCUT2D eigenvalue weighted by molar-refractivity contribution is 0.228. The molecule has 0 amide bonds. The van der Waals surface area contributed by atoms with Crippen LogP contribution >= 0.6 is 0 Å². The van der Waals surface area contributed by atoms with E-state index in [1.165, 1.54) is 38.6 Å². The van der Waals surface area contributed by atoms with Crippen molar-refractivity contribution < 1.29 is 0 Å². The van der Waals surface area contributed by atoms with Crippen molar-refractivity contribution in [2.24, 2.45) is 17.3 Å². The summed E-state index contributed by atoms with van der Waals surface area (Å²) in [6.45, 7) is 8.43. The fourth-order valence-electron chi connectivity index (χ4n) is 4.19. The molecule has 0 aromatic heterocycles. The first-order valence-corrected chi connectivity index (χ1v) is 8.37. The minimum Gasteiger partial charge on any atom is -0.309 e. The van der Waals surface area contributed by atoms with E-state index in [4.69, 9.17) is 0 Å². The maximum absolute atomic E-state index is 3.91. The van der Waals surface area contributed by atoms with Crippen LogP contribution in [0.15, 0.2) is 24.3 Å². The van der Waals surface area contributed by atoms with E-state index in [9.17, 15) is 0 Å². The van der Waals surface area contributed by atoms with Crippen LogP contribution in [-0.2, 0) is 6.42 Å². The molecular weight excluding hydrogens is 242 g/mol. The van der Waals surface area contributed by atoms with Gasteiger partial charge in [0.15, 0.2) is 0 Å². The fourth-order valence-corrected chi connectivity index (χ4v) is 4.19. The van der Waals surface area contributed by atoms with Crippen molar-refractivity contribution in [3.63, 3.8) is 0 Å². The SMILES string of the molecule is CC1CCC(CNC2c3ccccc3CC2(C)C)CC1. The van der Waals surface area contributed by atoms with E-state index in [1.807, 2.05) is 0 Å². The van der Waals surface area contributed by atoms with Gasteiger partial charge in [-0.15, -0.1) is 0 Å². The first-order valence-electron chi connectivity index (χ1n) is 8.37. The Bertz CT molecular complexity index is 455. The average Bonchev–Trinajstić information content (AvgIpc) is 2.68. The second kappa shape index (κ2) is 5.52. The van der Waals surface area contributed by atoms with Crippen molar-refractivity contribution in [2.45, 2.75) is 58.9 Å². The third-order valence-electron chi connectivity index (χ3n) is 5.54. The molecule has 2 aliphatic carbocycles. The number of hydrogen-bond donors (Lipinski definition) is 1. The van der Waals surface area contributed by atoms with Gasteiger partial charge >= 0.3 is 0 Å². The molecule has 20 heavy (non-hydrogen) atoms. The van der Waals surface area contributed by atoms with Crippen LogP contribution < -0.4 is 5.32 Å². The number of hydrogen-bond acceptors (Lipinski definition) is 1. The van der Waals surface area contributed by atoms with Crippen LogP contribution in [0.5, 0.6) is 0 Å². The fraction of sp³-hybridized carbons (Fsp3) is 0.684. The smallest absolute Gasteiger partial charge is 0.0377 e. The minimum absolute atomic E-state index is 0.353. The Hall–Kier alpha value is -0.820. The van der Waals surface area contributed by atoms with Gasteiger partial charge in [-0.25, -0.2) is 0 Å². The summed E-state index contributed by atoms with van der Waals surface area (Å²) in [5.41, 5.74) is 3.44. The summed E-state index contributed by atoms with van der Waals surface area (Å²) < 4.78 is 0. The summed E-state index contributed by atoms with van der Waals surface area (Å²) >= 11 is 0. The monoisotopic (exact) mass is 271 g/mol. The van der Waals surface area contributed by atoms with Crippen LogP contribution in [0, 0.1) is 17.3 Å². The molecule has 2 aliphatic rings. The predicted octanol–water partition coefficient (Wildman–Crippen LogP) is 4.73. The summed E-state index contributed by atoms with van der Waals surface area (Å²) in [6, 6.07) is 9.54. The molecule has 0 aliphatic heterocycles. The molecule has 0 bridgehead atoms. The van der Waals surface area contributed by atoms with Gasteiger partial charge < -0.3 is 5.32 Å². The zero-order valence-electron chi connectivity index (χ0n) is 13.3. The summed E-state index contributed by atoms with van der Waals surface area (Å²) in [4.78, 5) is 0. The van der Waals surface area contributed by atoms with Gasteiger partial charge in [0.25, 0.3) is 0 Å². The van der Waals surface area contributed by atoms with E-state index in [2.05, 4.69) is 50.4 Å². The van der Waals surface area contributed by atoms with Crippen LogP contribution in [0.2, 0.25) is 0 Å². The van der Waals surface area contributed by atoms with Crippen molar-refractivity contribution in [1.82, 2.24) is 5.32 Å². The first kappa shape index (κ1) is 14.1. The Morgan fingerprint density at radius 2 is 1.80 bits per heavy atom. The van der Waals surface area contributed by atoms with Crippen molar-refractivity contribution in [1.29, 1.82) is 0 Å². The summed E-state index contributed by atoms with van der Waals surface area (Å²) in [5.74, 6) is 1.85. The van der Waals surface area contributed by atoms with Crippen LogP contribution in [0.25, 0.3) is 0 Å². The van der Waals surface area contributed by atoms with E-state index in [-0.39, 0.29) is 0 Å². The third kappa shape index (κ3) is 2.79. The molecule has 1 aromatic rings. The van der Waals surface area contributed by atoms with Crippen molar-refractivity contribution in [3.8, 4) is 0 Å². The lowest BCUT2D eigenvalue weighted by atomic mass is 9.81. The molecular formula is C19H29N. The standard InChI is InChI=1S/C19H29N/c1-14-8-10-15(11-9-14)13-20-18-17-7-5-4-6-16(17)12-19(18,2)3/h4-7,14-15,18,20H,8-13H2,1-3H3. The predicted molar refractivity (Wildman–Crippen MR) is 85.8 cm³/mol. The van der Waals surface area contributed by atoms with Gasteiger partial charge in [-0.2, -0.15) is 0 Å². The maximum atomic E-state index is 3.91. The minimum atomic E-state index is 0.353. The Labute approximate surface area is 124 Å². The summed E-state index contributed by atoms with van der Waals surface area (Å²) in [7, 11) is 0. The highest BCUT2D eigenvalue weighted by Gasteiger charge is 2.38. The lowest BCUT2D eigenvalue weighted by Gasteiger charge is -2.32. The van der Waals surface area contributed by atoms with E-state index in [1.54, 1.807) is 11.1 Å². The Kier molecular flexibility index (Phi) is 3.90. The highest BCUT2D eigenvalue weighted by molar-refractivity contribution is 5.37. The van der Waals surface area contributed by atoms with Crippen molar-refractivity contribution in [3.05, 3.63) is 35.4 Å². The molecule has 1 N–H and O–H groups in total. The van der Waals surface area contributed by atoms with Gasteiger partial charge in [-0.05, 0) is 54.2 Å². The molecule has 1 atom stereocenters. The Morgan fingerprint density at radius 1 is 1.10 bits per heavy atom. The Morgan fingerprint density at radius 3 is 2.55 bits per heavy atom. The largest absolute Gasteiger partial charge is 0.309 e. The Balaban J connectivity index is 1.64. The molecule has 3 rings (SSSR count). The van der Waals surface area contributed by atoms with E-state index >= 15 is 0 Å². The lowest BCUT2D eigenvalue weighted by Crippen LogP contribution is -2.35. The van der Waals surface area contributed by atoms with Gasteiger partial charge in [-0.1, -0.05) is 57.9 Å².